The molecule has 3 rings (SSSR count). The van der Waals surface area contributed by atoms with Gasteiger partial charge in [0.2, 0.25) is 0 Å². The van der Waals surface area contributed by atoms with Gasteiger partial charge in [0.15, 0.2) is 0 Å². The average Bonchev–Trinajstić information content (AvgIpc) is 2.36. The maximum Gasteiger partial charge on any atom is 0.0693 e. The van der Waals surface area contributed by atoms with Crippen LogP contribution in [0.2, 0.25) is 0 Å². The Morgan fingerprint density at radius 1 is 1.06 bits per heavy atom. The molecule has 0 aromatic heterocycles. The van der Waals surface area contributed by atoms with Gasteiger partial charge in [0.05, 0.1) is 6.61 Å². The Hall–Kier alpha value is -1.60. The predicted molar refractivity (Wildman–Crippen MR) is 67.3 cm³/mol. The van der Waals surface area contributed by atoms with E-state index in [1.807, 2.05) is 12.1 Å². The van der Waals surface area contributed by atoms with Crippen LogP contribution in [0.25, 0.3) is 22.9 Å². The Balaban J connectivity index is 2.56. The highest BCUT2D eigenvalue weighted by atomic mass is 16.3. The third-order valence-corrected chi connectivity index (χ3v) is 3.27. The van der Waals surface area contributed by atoms with Crippen molar-refractivity contribution in [2.75, 3.05) is 0 Å². The lowest BCUT2D eigenvalue weighted by Crippen LogP contribution is -2.30. The highest BCUT2D eigenvalue weighted by molar-refractivity contribution is 5.86. The fourth-order valence-electron chi connectivity index (χ4n) is 2.51. The molecular formula is C15H14O. The molecule has 0 heterocycles. The van der Waals surface area contributed by atoms with Crippen molar-refractivity contribution in [1.29, 1.82) is 0 Å². The summed E-state index contributed by atoms with van der Waals surface area (Å²) < 4.78 is 0. The van der Waals surface area contributed by atoms with Crippen molar-refractivity contribution in [2.24, 2.45) is 0 Å². The minimum absolute atomic E-state index is 0.119. The zero-order chi connectivity index (χ0) is 11.0. The molecule has 0 unspecified atom stereocenters. The fourth-order valence-corrected chi connectivity index (χ4v) is 2.51. The van der Waals surface area contributed by atoms with E-state index in [0.717, 1.165) is 18.4 Å². The van der Waals surface area contributed by atoms with Crippen LogP contribution in [-0.4, -0.2) is 5.11 Å². The Morgan fingerprint density at radius 3 is 2.75 bits per heavy atom. The van der Waals surface area contributed by atoms with Crippen LogP contribution in [-0.2, 0) is 6.61 Å². The summed E-state index contributed by atoms with van der Waals surface area (Å²) in [7, 11) is 0. The Bertz CT molecular complexity index is 653. The molecule has 1 heteroatoms. The van der Waals surface area contributed by atoms with Gasteiger partial charge in [0.25, 0.3) is 0 Å². The van der Waals surface area contributed by atoms with Gasteiger partial charge in [0.1, 0.15) is 0 Å². The average molecular weight is 210 g/mol. The first-order valence-electron chi connectivity index (χ1n) is 5.72. The molecule has 2 aromatic rings. The zero-order valence-corrected chi connectivity index (χ0v) is 9.11. The van der Waals surface area contributed by atoms with E-state index in [0.29, 0.717) is 0 Å². The number of benzene rings is 2. The van der Waals surface area contributed by atoms with Gasteiger partial charge in [-0.1, -0.05) is 36.4 Å². The molecule has 1 nitrogen and oxygen atoms in total. The van der Waals surface area contributed by atoms with Gasteiger partial charge in [-0.15, -0.1) is 0 Å². The second-order valence-electron chi connectivity index (χ2n) is 4.22. The number of hydrogen-bond acceptors (Lipinski definition) is 1. The fraction of sp³-hybridized carbons (Fsp3) is 0.200. The second kappa shape index (κ2) is 3.76. The van der Waals surface area contributed by atoms with Crippen molar-refractivity contribution >= 4 is 22.9 Å². The molecule has 2 aromatic carbocycles. The predicted octanol–water partition coefficient (Wildman–Crippen LogP) is 1.69. The summed E-state index contributed by atoms with van der Waals surface area (Å²) in [5.74, 6) is 0. The zero-order valence-electron chi connectivity index (χ0n) is 9.11. The van der Waals surface area contributed by atoms with E-state index < -0.39 is 0 Å². The smallest absolute Gasteiger partial charge is 0.0693 e. The van der Waals surface area contributed by atoms with Crippen molar-refractivity contribution in [1.82, 2.24) is 0 Å². The molecule has 0 aliphatic heterocycles. The minimum Gasteiger partial charge on any atom is -0.392 e. The molecule has 0 amide bonds. The van der Waals surface area contributed by atoms with E-state index in [9.17, 15) is 5.11 Å². The van der Waals surface area contributed by atoms with E-state index in [1.165, 1.54) is 21.2 Å². The largest absolute Gasteiger partial charge is 0.392 e. The second-order valence-corrected chi connectivity index (χ2v) is 4.22. The van der Waals surface area contributed by atoms with Gasteiger partial charge < -0.3 is 5.11 Å². The van der Waals surface area contributed by atoms with Crippen LogP contribution in [0.3, 0.4) is 0 Å². The summed E-state index contributed by atoms with van der Waals surface area (Å²) in [6.07, 6.45) is 6.70. The first-order chi connectivity index (χ1) is 7.90. The Labute approximate surface area is 94.3 Å². The number of aliphatic hydroxyl groups excluding tert-OH is 1. The van der Waals surface area contributed by atoms with E-state index in [-0.39, 0.29) is 6.61 Å². The van der Waals surface area contributed by atoms with Crippen LogP contribution < -0.4 is 10.4 Å². The standard InChI is InChI=1S/C15H14O/c16-10-15-13-7-3-1-5-11(13)9-12-6-2-4-8-14(12)15/h1,3,5-9,16H,2,4,10H2. The van der Waals surface area contributed by atoms with Crippen molar-refractivity contribution in [2.45, 2.75) is 19.4 Å². The molecule has 0 atom stereocenters. The van der Waals surface area contributed by atoms with Gasteiger partial charge in [-0.25, -0.2) is 0 Å². The molecule has 0 spiro atoms. The molecular weight excluding hydrogens is 196 g/mol. The van der Waals surface area contributed by atoms with Crippen LogP contribution >= 0.6 is 0 Å². The van der Waals surface area contributed by atoms with Crippen molar-refractivity contribution in [3.63, 3.8) is 0 Å². The van der Waals surface area contributed by atoms with Crippen molar-refractivity contribution < 1.29 is 5.11 Å². The van der Waals surface area contributed by atoms with Crippen LogP contribution in [0, 0.1) is 0 Å². The van der Waals surface area contributed by atoms with Crippen molar-refractivity contribution in [3.8, 4) is 0 Å². The van der Waals surface area contributed by atoms with E-state index in [2.05, 4.69) is 30.4 Å². The monoisotopic (exact) mass is 210 g/mol. The summed E-state index contributed by atoms with van der Waals surface area (Å²) in [5, 5.41) is 14.5. The topological polar surface area (TPSA) is 20.2 Å². The van der Waals surface area contributed by atoms with E-state index >= 15 is 0 Å². The highest BCUT2D eigenvalue weighted by Gasteiger charge is 2.05. The molecule has 1 aliphatic carbocycles. The van der Waals surface area contributed by atoms with Crippen LogP contribution in [0.5, 0.6) is 0 Å². The summed E-state index contributed by atoms with van der Waals surface area (Å²) in [6, 6.07) is 10.5. The molecule has 0 bridgehead atoms. The number of hydrogen-bond donors (Lipinski definition) is 1. The van der Waals surface area contributed by atoms with Gasteiger partial charge in [-0.3, -0.25) is 0 Å². The van der Waals surface area contributed by atoms with Gasteiger partial charge in [-0.2, -0.15) is 0 Å². The molecule has 0 fully saturated rings. The summed E-state index contributed by atoms with van der Waals surface area (Å²) in [6.45, 7) is 0.119. The first kappa shape index (κ1) is 9.61. The SMILES string of the molecule is OCc1c2c(cc3ccccc13)=CCCC=2. The Kier molecular flexibility index (Phi) is 2.26. The first-order valence-corrected chi connectivity index (χ1v) is 5.72. The third kappa shape index (κ3) is 1.36. The molecule has 1 N–H and O–H groups in total. The normalized spacial score (nSPS) is 14.1. The summed E-state index contributed by atoms with van der Waals surface area (Å²) in [4.78, 5) is 0. The quantitative estimate of drug-likeness (QED) is 0.759. The van der Waals surface area contributed by atoms with Crippen LogP contribution in [0.4, 0.5) is 0 Å². The third-order valence-electron chi connectivity index (χ3n) is 3.27. The summed E-state index contributed by atoms with van der Waals surface area (Å²) >= 11 is 0. The van der Waals surface area contributed by atoms with E-state index in [1.54, 1.807) is 0 Å². The highest BCUT2D eigenvalue weighted by Crippen LogP contribution is 2.14. The van der Waals surface area contributed by atoms with Gasteiger partial charge >= 0.3 is 0 Å². The van der Waals surface area contributed by atoms with E-state index in [4.69, 9.17) is 0 Å². The van der Waals surface area contributed by atoms with Crippen molar-refractivity contribution in [3.05, 3.63) is 46.3 Å². The maximum atomic E-state index is 9.56. The lowest BCUT2D eigenvalue weighted by atomic mass is 9.97. The molecule has 0 saturated carbocycles. The van der Waals surface area contributed by atoms with Crippen LogP contribution in [0.1, 0.15) is 18.4 Å². The molecule has 0 radical (unpaired) electrons. The van der Waals surface area contributed by atoms with Crippen LogP contribution in [0.15, 0.2) is 30.3 Å². The molecule has 0 saturated heterocycles. The Morgan fingerprint density at radius 2 is 1.88 bits per heavy atom. The van der Waals surface area contributed by atoms with Gasteiger partial charge in [-0.05, 0) is 45.7 Å². The summed E-state index contributed by atoms with van der Waals surface area (Å²) in [5.41, 5.74) is 1.07. The minimum atomic E-state index is 0.119. The number of fused-ring (bicyclic) bond motifs is 2. The molecule has 16 heavy (non-hydrogen) atoms. The number of aliphatic hydroxyl groups is 1. The maximum absolute atomic E-state index is 9.56. The molecule has 1 aliphatic rings. The van der Waals surface area contributed by atoms with Gasteiger partial charge in [0, 0.05) is 0 Å². The lowest BCUT2D eigenvalue weighted by Gasteiger charge is -2.09. The number of rotatable bonds is 1. The lowest BCUT2D eigenvalue weighted by molar-refractivity contribution is 0.282. The molecule has 80 valence electrons.